The van der Waals surface area contributed by atoms with E-state index in [1.54, 1.807) is 4.90 Å². The molecule has 0 radical (unpaired) electrons. The number of nitrogens with zero attached hydrogens (tertiary/aromatic N) is 2. The summed E-state index contributed by atoms with van der Waals surface area (Å²) < 4.78 is 39.6. The lowest BCUT2D eigenvalue weighted by molar-refractivity contribution is 0.0702. The van der Waals surface area contributed by atoms with Crippen molar-refractivity contribution in [3.05, 3.63) is 51.5 Å². The first kappa shape index (κ1) is 19.0. The molecule has 1 aliphatic rings. The van der Waals surface area contributed by atoms with E-state index in [9.17, 15) is 17.6 Å². The van der Waals surface area contributed by atoms with Gasteiger partial charge in [0.05, 0.1) is 9.77 Å². The number of sulfonamides is 1. The number of hydrogen-bond acceptors (Lipinski definition) is 4. The van der Waals surface area contributed by atoms with Crippen LogP contribution in [0.5, 0.6) is 0 Å². The number of carbonyl (C=O) groups excluding carboxylic acids is 1. The van der Waals surface area contributed by atoms with Gasteiger partial charge < -0.3 is 4.90 Å². The van der Waals surface area contributed by atoms with Crippen molar-refractivity contribution < 1.29 is 17.6 Å². The van der Waals surface area contributed by atoms with E-state index >= 15 is 0 Å². The van der Waals surface area contributed by atoms with Crippen molar-refractivity contribution >= 4 is 27.3 Å². The fourth-order valence-corrected chi connectivity index (χ4v) is 5.52. The standard InChI is InChI=1S/C18H21FN2O3S2/c1-3-16-13(2)12-17(25-16)18(22)20-8-10-21(11-9-20)26(23,24)15-6-4-14(19)5-7-15/h4-7,12H,3,8-11H2,1-2H3. The molecule has 0 N–H and O–H groups in total. The predicted molar refractivity (Wildman–Crippen MR) is 99.5 cm³/mol. The molecule has 0 atom stereocenters. The maximum absolute atomic E-state index is 13.0. The van der Waals surface area contributed by atoms with Gasteiger partial charge in [-0.25, -0.2) is 12.8 Å². The Kier molecular flexibility index (Phi) is 5.45. The van der Waals surface area contributed by atoms with Crippen LogP contribution < -0.4 is 0 Å². The number of hydrogen-bond donors (Lipinski definition) is 0. The van der Waals surface area contributed by atoms with Gasteiger partial charge in [0.25, 0.3) is 5.91 Å². The van der Waals surface area contributed by atoms with E-state index < -0.39 is 15.8 Å². The van der Waals surface area contributed by atoms with Crippen LogP contribution in [0.25, 0.3) is 0 Å². The fraction of sp³-hybridized carbons (Fsp3) is 0.389. The largest absolute Gasteiger partial charge is 0.335 e. The van der Waals surface area contributed by atoms with Crippen LogP contribution in [0.4, 0.5) is 4.39 Å². The molecule has 0 bridgehead atoms. The summed E-state index contributed by atoms with van der Waals surface area (Å²) in [6, 6.07) is 6.72. The van der Waals surface area contributed by atoms with Gasteiger partial charge in [0.1, 0.15) is 5.82 Å². The Morgan fingerprint density at radius 1 is 1.15 bits per heavy atom. The minimum atomic E-state index is -3.67. The second-order valence-corrected chi connectivity index (χ2v) is 9.30. The van der Waals surface area contributed by atoms with Crippen LogP contribution in [-0.2, 0) is 16.4 Å². The molecule has 1 aromatic carbocycles. The van der Waals surface area contributed by atoms with Gasteiger partial charge in [-0.1, -0.05) is 6.92 Å². The van der Waals surface area contributed by atoms with E-state index in [0.29, 0.717) is 18.0 Å². The number of rotatable bonds is 4. The predicted octanol–water partition coefficient (Wildman–Crippen LogP) is 2.90. The summed E-state index contributed by atoms with van der Waals surface area (Å²) in [5.41, 5.74) is 1.12. The van der Waals surface area contributed by atoms with Crippen LogP contribution in [0, 0.1) is 12.7 Å². The normalized spacial score (nSPS) is 16.0. The van der Waals surface area contributed by atoms with Crippen LogP contribution in [-0.4, -0.2) is 49.7 Å². The highest BCUT2D eigenvalue weighted by atomic mass is 32.2. The van der Waals surface area contributed by atoms with Gasteiger partial charge in [0.2, 0.25) is 10.0 Å². The molecule has 8 heteroatoms. The topological polar surface area (TPSA) is 57.7 Å². The Bertz CT molecular complexity index is 899. The Morgan fingerprint density at radius 2 is 1.77 bits per heavy atom. The maximum Gasteiger partial charge on any atom is 0.264 e. The number of halogens is 1. The van der Waals surface area contributed by atoms with Crippen molar-refractivity contribution in [2.45, 2.75) is 25.2 Å². The Balaban J connectivity index is 1.68. The van der Waals surface area contributed by atoms with E-state index in [1.807, 2.05) is 13.0 Å². The van der Waals surface area contributed by atoms with E-state index in [2.05, 4.69) is 6.92 Å². The minimum absolute atomic E-state index is 0.0448. The third kappa shape index (κ3) is 3.67. The van der Waals surface area contributed by atoms with E-state index in [0.717, 1.165) is 24.1 Å². The zero-order valence-electron chi connectivity index (χ0n) is 14.7. The SMILES string of the molecule is CCc1sc(C(=O)N2CCN(S(=O)(=O)c3ccc(F)cc3)CC2)cc1C. The number of aryl methyl sites for hydroxylation is 2. The average molecular weight is 397 g/mol. The van der Waals surface area contributed by atoms with Gasteiger partial charge in [-0.05, 0) is 49.2 Å². The number of benzene rings is 1. The van der Waals surface area contributed by atoms with Crippen molar-refractivity contribution in [2.24, 2.45) is 0 Å². The molecule has 1 amide bonds. The van der Waals surface area contributed by atoms with Gasteiger partial charge in [-0.15, -0.1) is 11.3 Å². The molecular weight excluding hydrogens is 375 g/mol. The van der Waals surface area contributed by atoms with E-state index in [-0.39, 0.29) is 23.9 Å². The van der Waals surface area contributed by atoms with Crippen molar-refractivity contribution in [3.8, 4) is 0 Å². The van der Waals surface area contributed by atoms with Gasteiger partial charge in [0, 0.05) is 31.1 Å². The first-order valence-electron chi connectivity index (χ1n) is 8.47. The number of amides is 1. The monoisotopic (exact) mass is 396 g/mol. The van der Waals surface area contributed by atoms with Crippen LogP contribution in [0.2, 0.25) is 0 Å². The molecule has 0 spiro atoms. The molecule has 1 aromatic heterocycles. The van der Waals surface area contributed by atoms with Crippen molar-refractivity contribution in [2.75, 3.05) is 26.2 Å². The lowest BCUT2D eigenvalue weighted by Crippen LogP contribution is -2.50. The summed E-state index contributed by atoms with van der Waals surface area (Å²) in [5, 5.41) is 0. The van der Waals surface area contributed by atoms with Crippen LogP contribution in [0.1, 0.15) is 27.0 Å². The minimum Gasteiger partial charge on any atom is -0.335 e. The first-order valence-corrected chi connectivity index (χ1v) is 10.7. The Hall–Kier alpha value is -1.77. The fourth-order valence-electron chi connectivity index (χ4n) is 3.02. The van der Waals surface area contributed by atoms with Gasteiger partial charge in [0.15, 0.2) is 0 Å². The van der Waals surface area contributed by atoms with Crippen molar-refractivity contribution in [1.29, 1.82) is 0 Å². The second kappa shape index (κ2) is 7.46. The smallest absolute Gasteiger partial charge is 0.264 e. The lowest BCUT2D eigenvalue weighted by atomic mass is 10.2. The summed E-state index contributed by atoms with van der Waals surface area (Å²) in [7, 11) is -3.67. The van der Waals surface area contributed by atoms with Crippen LogP contribution >= 0.6 is 11.3 Å². The molecule has 2 heterocycles. The summed E-state index contributed by atoms with van der Waals surface area (Å²) >= 11 is 1.51. The molecule has 3 rings (SSSR count). The molecule has 26 heavy (non-hydrogen) atoms. The molecule has 0 unspecified atom stereocenters. The highest BCUT2D eigenvalue weighted by molar-refractivity contribution is 7.89. The molecule has 5 nitrogen and oxygen atoms in total. The molecule has 1 saturated heterocycles. The van der Waals surface area contributed by atoms with Crippen LogP contribution in [0.15, 0.2) is 35.2 Å². The molecule has 1 fully saturated rings. The number of thiophene rings is 1. The highest BCUT2D eigenvalue weighted by Gasteiger charge is 2.31. The zero-order chi connectivity index (χ0) is 18.9. The van der Waals surface area contributed by atoms with E-state index in [4.69, 9.17) is 0 Å². The third-order valence-corrected chi connectivity index (χ3v) is 7.81. The molecule has 2 aromatic rings. The van der Waals surface area contributed by atoms with E-state index in [1.165, 1.54) is 32.7 Å². The Labute approximate surface area is 157 Å². The third-order valence-electron chi connectivity index (χ3n) is 4.53. The average Bonchev–Trinajstić information content (AvgIpc) is 3.02. The Morgan fingerprint density at radius 3 is 2.31 bits per heavy atom. The summed E-state index contributed by atoms with van der Waals surface area (Å²) in [5.74, 6) is -0.520. The zero-order valence-corrected chi connectivity index (χ0v) is 16.4. The van der Waals surface area contributed by atoms with Gasteiger partial charge >= 0.3 is 0 Å². The molecule has 140 valence electrons. The molecule has 0 aliphatic carbocycles. The van der Waals surface area contributed by atoms with Crippen LogP contribution in [0.3, 0.4) is 0 Å². The summed E-state index contributed by atoms with van der Waals surface area (Å²) in [6.45, 7) is 5.22. The first-order chi connectivity index (χ1) is 12.3. The molecule has 1 aliphatic heterocycles. The second-order valence-electron chi connectivity index (χ2n) is 6.22. The van der Waals surface area contributed by atoms with Crippen molar-refractivity contribution in [3.63, 3.8) is 0 Å². The number of carbonyl (C=O) groups is 1. The molecular formula is C18H21FN2O3S2. The molecule has 0 saturated carbocycles. The van der Waals surface area contributed by atoms with Gasteiger partial charge in [-0.2, -0.15) is 4.31 Å². The lowest BCUT2D eigenvalue weighted by Gasteiger charge is -2.33. The highest BCUT2D eigenvalue weighted by Crippen LogP contribution is 2.25. The van der Waals surface area contributed by atoms with Gasteiger partial charge in [-0.3, -0.25) is 4.79 Å². The number of piperazine rings is 1. The summed E-state index contributed by atoms with van der Waals surface area (Å²) in [6.07, 6.45) is 0.896. The quantitative estimate of drug-likeness (QED) is 0.799. The maximum atomic E-state index is 13.0. The van der Waals surface area contributed by atoms with Crippen molar-refractivity contribution in [1.82, 2.24) is 9.21 Å². The summed E-state index contributed by atoms with van der Waals surface area (Å²) in [4.78, 5) is 16.3.